The Hall–Kier alpha value is -2.95. The van der Waals surface area contributed by atoms with E-state index in [2.05, 4.69) is 36.1 Å². The van der Waals surface area contributed by atoms with Gasteiger partial charge < -0.3 is 10.3 Å². The average molecular weight is 363 g/mol. The molecule has 140 valence electrons. The Labute approximate surface area is 159 Å². The van der Waals surface area contributed by atoms with Crippen LogP contribution in [0.15, 0.2) is 48.5 Å². The number of benzene rings is 2. The lowest BCUT2D eigenvalue weighted by Gasteiger charge is -2.18. The summed E-state index contributed by atoms with van der Waals surface area (Å²) in [6.45, 7) is 6.76. The minimum Gasteiger partial charge on any atom is -0.349 e. The third-order valence-electron chi connectivity index (χ3n) is 4.53. The fourth-order valence-electron chi connectivity index (χ4n) is 2.91. The van der Waals surface area contributed by atoms with E-state index in [1.807, 2.05) is 36.4 Å². The van der Waals surface area contributed by atoms with E-state index in [4.69, 9.17) is 0 Å². The number of carbonyl (C=O) groups excluding carboxylic acids is 2. The second kappa shape index (κ2) is 7.74. The molecule has 0 aliphatic carbocycles. The number of rotatable bonds is 6. The van der Waals surface area contributed by atoms with Gasteiger partial charge in [-0.05, 0) is 29.5 Å². The summed E-state index contributed by atoms with van der Waals surface area (Å²) in [6, 6.07) is 15.1. The van der Waals surface area contributed by atoms with E-state index < -0.39 is 11.7 Å². The Morgan fingerprint density at radius 1 is 1.04 bits per heavy atom. The smallest absolute Gasteiger partial charge is 0.292 e. The zero-order chi connectivity index (χ0) is 19.4. The number of hydrogen-bond donors (Lipinski definition) is 2. The van der Waals surface area contributed by atoms with Gasteiger partial charge in [0.15, 0.2) is 0 Å². The minimum absolute atomic E-state index is 0.0144. The second-order valence-corrected chi connectivity index (χ2v) is 7.72. The Bertz CT molecular complexity index is 917. The van der Waals surface area contributed by atoms with E-state index in [1.165, 1.54) is 0 Å². The van der Waals surface area contributed by atoms with Crippen LogP contribution in [0.1, 0.15) is 48.9 Å². The first kappa shape index (κ1) is 18.8. The molecular formula is C22H25N3O2. The number of para-hydroxylation sites is 2. The molecule has 2 N–H and O–H groups in total. The highest BCUT2D eigenvalue weighted by Crippen LogP contribution is 2.22. The summed E-state index contributed by atoms with van der Waals surface area (Å²) >= 11 is 0. The third kappa shape index (κ3) is 4.61. The largest absolute Gasteiger partial charge is 0.349 e. The molecule has 0 radical (unpaired) electrons. The normalized spacial score (nSPS) is 11.5. The number of carbonyl (C=O) groups is 2. The Morgan fingerprint density at radius 3 is 2.41 bits per heavy atom. The van der Waals surface area contributed by atoms with Crippen molar-refractivity contribution >= 4 is 22.7 Å². The number of nitrogens with zero attached hydrogens (tertiary/aromatic N) is 1. The molecule has 1 aromatic heterocycles. The van der Waals surface area contributed by atoms with Crippen molar-refractivity contribution in [1.29, 1.82) is 0 Å². The molecule has 1 heterocycles. The molecule has 0 saturated carbocycles. The van der Waals surface area contributed by atoms with Gasteiger partial charge in [-0.25, -0.2) is 4.98 Å². The van der Waals surface area contributed by atoms with Crippen LogP contribution in [-0.4, -0.2) is 28.2 Å². The van der Waals surface area contributed by atoms with E-state index >= 15 is 0 Å². The van der Waals surface area contributed by atoms with Crippen LogP contribution in [0.5, 0.6) is 0 Å². The summed E-state index contributed by atoms with van der Waals surface area (Å²) in [5, 5.41) is 2.70. The second-order valence-electron chi connectivity index (χ2n) is 7.72. The first-order valence-electron chi connectivity index (χ1n) is 9.21. The van der Waals surface area contributed by atoms with Crippen LogP contribution in [0, 0.1) is 0 Å². The van der Waals surface area contributed by atoms with E-state index in [9.17, 15) is 9.59 Å². The molecule has 1 amide bonds. The van der Waals surface area contributed by atoms with Crippen molar-refractivity contribution in [2.24, 2.45) is 0 Å². The Morgan fingerprint density at radius 2 is 1.74 bits per heavy atom. The number of amides is 1. The number of aromatic amines is 1. The van der Waals surface area contributed by atoms with Crippen molar-refractivity contribution in [2.45, 2.75) is 39.0 Å². The molecule has 5 heteroatoms. The number of imidazole rings is 1. The molecule has 0 aliphatic heterocycles. The van der Waals surface area contributed by atoms with Gasteiger partial charge in [0.2, 0.25) is 5.78 Å². The highest BCUT2D eigenvalue weighted by molar-refractivity contribution is 6.42. The Balaban J connectivity index is 1.49. The lowest BCUT2D eigenvalue weighted by Crippen LogP contribution is -2.32. The van der Waals surface area contributed by atoms with Crippen LogP contribution in [-0.2, 0) is 16.6 Å². The van der Waals surface area contributed by atoms with Gasteiger partial charge in [0.25, 0.3) is 5.91 Å². The predicted octanol–water partition coefficient (Wildman–Crippen LogP) is 3.79. The number of Topliss-reactive ketones (excluding diaryl/α,β-unsaturated/α-hetero) is 1. The summed E-state index contributed by atoms with van der Waals surface area (Å²) in [6.07, 6.45) is 1.42. The fraction of sp³-hybridized carbons (Fsp3) is 0.318. The number of aryl methyl sites for hydroxylation is 1. The molecule has 0 bridgehead atoms. The fourth-order valence-corrected chi connectivity index (χ4v) is 2.91. The van der Waals surface area contributed by atoms with E-state index in [-0.39, 0.29) is 5.41 Å². The molecule has 0 aliphatic rings. The number of ketones is 1. The van der Waals surface area contributed by atoms with E-state index in [0.29, 0.717) is 24.9 Å². The lowest BCUT2D eigenvalue weighted by molar-refractivity contribution is -0.117. The molecule has 0 saturated heterocycles. The molecule has 5 nitrogen and oxygen atoms in total. The number of hydrogen-bond acceptors (Lipinski definition) is 3. The third-order valence-corrected chi connectivity index (χ3v) is 4.53. The van der Waals surface area contributed by atoms with Gasteiger partial charge in [-0.2, -0.15) is 0 Å². The summed E-state index contributed by atoms with van der Waals surface area (Å²) in [5.74, 6) is -0.183. The highest BCUT2D eigenvalue weighted by atomic mass is 16.2. The topological polar surface area (TPSA) is 74.8 Å². The van der Waals surface area contributed by atoms with Gasteiger partial charge >= 0.3 is 0 Å². The van der Waals surface area contributed by atoms with Crippen LogP contribution in [0.2, 0.25) is 0 Å². The van der Waals surface area contributed by atoms with E-state index in [1.54, 1.807) is 12.1 Å². The quantitative estimate of drug-likeness (QED) is 0.397. The van der Waals surface area contributed by atoms with Gasteiger partial charge in [0.1, 0.15) is 5.82 Å². The molecular weight excluding hydrogens is 338 g/mol. The number of nitrogens with one attached hydrogen (secondary N) is 2. The van der Waals surface area contributed by atoms with E-state index in [0.717, 1.165) is 22.4 Å². The van der Waals surface area contributed by atoms with Gasteiger partial charge in [-0.3, -0.25) is 9.59 Å². The summed E-state index contributed by atoms with van der Waals surface area (Å²) in [5.41, 5.74) is 3.50. The molecule has 3 rings (SSSR count). The van der Waals surface area contributed by atoms with Gasteiger partial charge in [-0.1, -0.05) is 57.2 Å². The maximum Gasteiger partial charge on any atom is 0.292 e. The van der Waals surface area contributed by atoms with Crippen molar-refractivity contribution in [3.63, 3.8) is 0 Å². The molecule has 3 aromatic rings. The maximum absolute atomic E-state index is 12.3. The maximum atomic E-state index is 12.3. The van der Waals surface area contributed by atoms with Crippen molar-refractivity contribution < 1.29 is 9.59 Å². The molecule has 0 unspecified atom stereocenters. The predicted molar refractivity (Wildman–Crippen MR) is 107 cm³/mol. The summed E-state index contributed by atoms with van der Waals surface area (Å²) in [7, 11) is 0. The van der Waals surface area contributed by atoms with Gasteiger partial charge in [0, 0.05) is 18.5 Å². The lowest BCUT2D eigenvalue weighted by atomic mass is 9.86. The van der Waals surface area contributed by atoms with Crippen LogP contribution in [0.25, 0.3) is 11.0 Å². The standard InChI is InChI=1S/C22H25N3O2/c1-22(2,3)16-12-10-15(11-13-16)20(26)21(27)23-14-6-9-19-24-17-7-4-5-8-18(17)25-19/h4-5,7-8,10-13H,6,9,14H2,1-3H3,(H,23,27)(H,24,25). The van der Waals surface area contributed by atoms with Crippen molar-refractivity contribution in [1.82, 2.24) is 15.3 Å². The summed E-state index contributed by atoms with van der Waals surface area (Å²) in [4.78, 5) is 32.1. The Kier molecular flexibility index (Phi) is 5.40. The monoisotopic (exact) mass is 363 g/mol. The van der Waals surface area contributed by atoms with Crippen LogP contribution in [0.3, 0.4) is 0 Å². The molecule has 0 atom stereocenters. The van der Waals surface area contributed by atoms with Crippen LogP contribution < -0.4 is 5.32 Å². The van der Waals surface area contributed by atoms with Crippen molar-refractivity contribution in [2.75, 3.05) is 6.54 Å². The van der Waals surface area contributed by atoms with Gasteiger partial charge in [-0.15, -0.1) is 0 Å². The summed E-state index contributed by atoms with van der Waals surface area (Å²) < 4.78 is 0. The number of fused-ring (bicyclic) bond motifs is 1. The highest BCUT2D eigenvalue weighted by Gasteiger charge is 2.18. The molecule has 0 fully saturated rings. The minimum atomic E-state index is -0.567. The molecule has 27 heavy (non-hydrogen) atoms. The van der Waals surface area contributed by atoms with Crippen molar-refractivity contribution in [3.05, 3.63) is 65.5 Å². The number of H-pyrrole nitrogens is 1. The zero-order valence-corrected chi connectivity index (χ0v) is 16.0. The zero-order valence-electron chi connectivity index (χ0n) is 16.0. The van der Waals surface area contributed by atoms with Crippen LogP contribution >= 0.6 is 0 Å². The molecule has 2 aromatic carbocycles. The van der Waals surface area contributed by atoms with Crippen LogP contribution in [0.4, 0.5) is 0 Å². The molecule has 0 spiro atoms. The first-order chi connectivity index (χ1) is 12.8. The SMILES string of the molecule is CC(C)(C)c1ccc(C(=O)C(=O)NCCCc2nc3ccccc3[nH]2)cc1. The van der Waals surface area contributed by atoms with Gasteiger partial charge in [0.05, 0.1) is 11.0 Å². The average Bonchev–Trinajstić information content (AvgIpc) is 3.06. The number of aromatic nitrogens is 2. The van der Waals surface area contributed by atoms with Crippen molar-refractivity contribution in [3.8, 4) is 0 Å². The first-order valence-corrected chi connectivity index (χ1v) is 9.21.